The van der Waals surface area contributed by atoms with Crippen molar-refractivity contribution in [2.24, 2.45) is 0 Å². The van der Waals surface area contributed by atoms with Gasteiger partial charge in [-0.15, -0.1) is 0 Å². The molecule has 25 heavy (non-hydrogen) atoms. The minimum Gasteiger partial charge on any atom is -0.361 e. The Labute approximate surface area is 147 Å². The van der Waals surface area contributed by atoms with E-state index in [1.807, 2.05) is 69.3 Å². The van der Waals surface area contributed by atoms with E-state index < -0.39 is 0 Å². The van der Waals surface area contributed by atoms with Crippen molar-refractivity contribution >= 4 is 5.91 Å². The molecular formula is C20H21N3O2. The first-order valence-corrected chi connectivity index (χ1v) is 8.27. The molecule has 0 bridgehead atoms. The molecule has 0 saturated carbocycles. The Morgan fingerprint density at radius 2 is 1.80 bits per heavy atom. The Balaban J connectivity index is 1.89. The van der Waals surface area contributed by atoms with Gasteiger partial charge >= 0.3 is 0 Å². The summed E-state index contributed by atoms with van der Waals surface area (Å²) in [4.78, 5) is 17.3. The van der Waals surface area contributed by atoms with Gasteiger partial charge in [-0.2, -0.15) is 0 Å². The number of rotatable bonds is 5. The second kappa shape index (κ2) is 7.30. The molecule has 1 N–H and O–H groups in total. The quantitative estimate of drug-likeness (QED) is 0.772. The van der Waals surface area contributed by atoms with Gasteiger partial charge in [0.15, 0.2) is 0 Å². The minimum absolute atomic E-state index is 0.0890. The SMILES string of the molecule is Cc1noc(C)c1[C@@H](C)C(=O)N[C@H](c1ccccc1)c1ccccn1. The predicted molar refractivity (Wildman–Crippen MR) is 95.1 cm³/mol. The van der Waals surface area contributed by atoms with E-state index in [4.69, 9.17) is 4.52 Å². The lowest BCUT2D eigenvalue weighted by molar-refractivity contribution is -0.122. The van der Waals surface area contributed by atoms with Crippen molar-refractivity contribution in [3.8, 4) is 0 Å². The number of nitrogens with zero attached hydrogens (tertiary/aromatic N) is 2. The number of carbonyl (C=O) groups is 1. The highest BCUT2D eigenvalue weighted by Gasteiger charge is 2.26. The number of hydrogen-bond donors (Lipinski definition) is 1. The van der Waals surface area contributed by atoms with Gasteiger partial charge in [0.2, 0.25) is 5.91 Å². The van der Waals surface area contributed by atoms with Crippen LogP contribution in [0.4, 0.5) is 0 Å². The molecule has 5 nitrogen and oxygen atoms in total. The molecular weight excluding hydrogens is 314 g/mol. The summed E-state index contributed by atoms with van der Waals surface area (Å²) in [6.45, 7) is 5.54. The van der Waals surface area contributed by atoms with E-state index in [0.717, 1.165) is 22.5 Å². The molecule has 3 rings (SSSR count). The monoisotopic (exact) mass is 335 g/mol. The van der Waals surface area contributed by atoms with E-state index >= 15 is 0 Å². The maximum absolute atomic E-state index is 12.9. The number of aromatic nitrogens is 2. The van der Waals surface area contributed by atoms with Crippen molar-refractivity contribution in [1.29, 1.82) is 0 Å². The topological polar surface area (TPSA) is 68.0 Å². The van der Waals surface area contributed by atoms with Crippen molar-refractivity contribution in [2.45, 2.75) is 32.7 Å². The zero-order valence-electron chi connectivity index (χ0n) is 14.6. The van der Waals surface area contributed by atoms with Crippen LogP contribution in [0.15, 0.2) is 59.3 Å². The molecule has 128 valence electrons. The summed E-state index contributed by atoms with van der Waals surface area (Å²) in [7, 11) is 0. The molecule has 0 saturated heterocycles. The van der Waals surface area contributed by atoms with Crippen LogP contribution in [0.25, 0.3) is 0 Å². The highest BCUT2D eigenvalue weighted by molar-refractivity contribution is 5.84. The van der Waals surface area contributed by atoms with Gasteiger partial charge in [-0.1, -0.05) is 41.6 Å². The van der Waals surface area contributed by atoms with E-state index in [1.165, 1.54) is 0 Å². The highest BCUT2D eigenvalue weighted by Crippen LogP contribution is 2.26. The van der Waals surface area contributed by atoms with Gasteiger partial charge in [0, 0.05) is 11.8 Å². The van der Waals surface area contributed by atoms with Crippen LogP contribution in [0.5, 0.6) is 0 Å². The smallest absolute Gasteiger partial charge is 0.228 e. The Morgan fingerprint density at radius 1 is 1.08 bits per heavy atom. The molecule has 0 aliphatic heterocycles. The predicted octanol–water partition coefficient (Wildman–Crippen LogP) is 3.70. The van der Waals surface area contributed by atoms with Gasteiger partial charge in [0.25, 0.3) is 0 Å². The van der Waals surface area contributed by atoms with Gasteiger partial charge in [-0.05, 0) is 38.5 Å². The van der Waals surface area contributed by atoms with Crippen molar-refractivity contribution in [2.75, 3.05) is 0 Å². The fourth-order valence-electron chi connectivity index (χ4n) is 3.03. The van der Waals surface area contributed by atoms with E-state index in [-0.39, 0.29) is 17.9 Å². The first-order valence-electron chi connectivity index (χ1n) is 8.27. The maximum Gasteiger partial charge on any atom is 0.228 e. The van der Waals surface area contributed by atoms with E-state index in [2.05, 4.69) is 15.5 Å². The summed E-state index contributed by atoms with van der Waals surface area (Å²) in [5.74, 6) is 0.226. The van der Waals surface area contributed by atoms with Gasteiger partial charge in [-0.3, -0.25) is 9.78 Å². The summed E-state index contributed by atoms with van der Waals surface area (Å²) in [6, 6.07) is 15.2. The van der Waals surface area contributed by atoms with Crippen molar-refractivity contribution in [3.05, 3.63) is 83.0 Å². The van der Waals surface area contributed by atoms with Crippen LogP contribution in [-0.4, -0.2) is 16.0 Å². The number of benzene rings is 1. The molecule has 0 aliphatic rings. The van der Waals surface area contributed by atoms with Crippen LogP contribution >= 0.6 is 0 Å². The fourth-order valence-corrected chi connectivity index (χ4v) is 3.03. The lowest BCUT2D eigenvalue weighted by atomic mass is 9.96. The third-order valence-electron chi connectivity index (χ3n) is 4.32. The number of amides is 1. The third kappa shape index (κ3) is 3.60. The van der Waals surface area contributed by atoms with Crippen LogP contribution in [-0.2, 0) is 4.79 Å². The molecule has 0 radical (unpaired) electrons. The minimum atomic E-state index is -0.360. The van der Waals surface area contributed by atoms with E-state index in [1.54, 1.807) is 6.20 Å². The molecule has 3 aromatic rings. The largest absolute Gasteiger partial charge is 0.361 e. The maximum atomic E-state index is 12.9. The first-order chi connectivity index (χ1) is 12.1. The summed E-state index contributed by atoms with van der Waals surface area (Å²) in [5, 5.41) is 7.07. The van der Waals surface area contributed by atoms with Crippen molar-refractivity contribution in [1.82, 2.24) is 15.5 Å². The standard InChI is InChI=1S/C20H21N3O2/c1-13(18-14(2)23-25-15(18)3)20(24)22-19(16-9-5-4-6-10-16)17-11-7-8-12-21-17/h4-13,19H,1-3H3,(H,22,24)/t13-,19-/m1/s1. The summed E-state index contributed by atoms with van der Waals surface area (Å²) in [6.07, 6.45) is 1.73. The molecule has 1 aromatic carbocycles. The number of nitrogens with one attached hydrogen (secondary N) is 1. The summed E-state index contributed by atoms with van der Waals surface area (Å²) in [5.41, 5.74) is 3.37. The molecule has 5 heteroatoms. The number of hydrogen-bond acceptors (Lipinski definition) is 4. The van der Waals surface area contributed by atoms with Crippen LogP contribution < -0.4 is 5.32 Å². The van der Waals surface area contributed by atoms with Crippen molar-refractivity contribution < 1.29 is 9.32 Å². The number of pyridine rings is 1. The van der Waals surface area contributed by atoms with Gasteiger partial charge in [0.05, 0.1) is 23.3 Å². The molecule has 1 amide bonds. The molecule has 0 aliphatic carbocycles. The highest BCUT2D eigenvalue weighted by atomic mass is 16.5. The number of carbonyl (C=O) groups excluding carboxylic acids is 1. The number of aryl methyl sites for hydroxylation is 2. The normalized spacial score (nSPS) is 13.2. The van der Waals surface area contributed by atoms with Crippen LogP contribution in [0.1, 0.15) is 47.2 Å². The zero-order valence-corrected chi connectivity index (χ0v) is 14.6. The van der Waals surface area contributed by atoms with E-state index in [0.29, 0.717) is 5.76 Å². The molecule has 0 spiro atoms. The second-order valence-corrected chi connectivity index (χ2v) is 6.07. The van der Waals surface area contributed by atoms with Crippen molar-refractivity contribution in [3.63, 3.8) is 0 Å². The van der Waals surface area contributed by atoms with Gasteiger partial charge in [0.1, 0.15) is 5.76 Å². The summed E-state index contributed by atoms with van der Waals surface area (Å²) < 4.78 is 5.20. The molecule has 0 fully saturated rings. The molecule has 2 aromatic heterocycles. The lowest BCUT2D eigenvalue weighted by Gasteiger charge is -2.21. The molecule has 2 heterocycles. The van der Waals surface area contributed by atoms with Crippen LogP contribution in [0, 0.1) is 13.8 Å². The Morgan fingerprint density at radius 3 is 2.40 bits per heavy atom. The first kappa shape index (κ1) is 16.9. The Hall–Kier alpha value is -2.95. The second-order valence-electron chi connectivity index (χ2n) is 6.07. The zero-order chi connectivity index (χ0) is 17.8. The third-order valence-corrected chi connectivity index (χ3v) is 4.32. The molecule has 0 unspecified atom stereocenters. The van der Waals surface area contributed by atoms with Crippen LogP contribution in [0.3, 0.4) is 0 Å². The molecule has 2 atom stereocenters. The summed E-state index contributed by atoms with van der Waals surface area (Å²) >= 11 is 0. The van der Waals surface area contributed by atoms with Gasteiger partial charge < -0.3 is 9.84 Å². The van der Waals surface area contributed by atoms with E-state index in [9.17, 15) is 4.79 Å². The Bertz CT molecular complexity index is 785. The average Bonchev–Trinajstić information content (AvgIpc) is 2.98. The van der Waals surface area contributed by atoms with Crippen LogP contribution in [0.2, 0.25) is 0 Å². The van der Waals surface area contributed by atoms with Gasteiger partial charge in [-0.25, -0.2) is 0 Å². The lowest BCUT2D eigenvalue weighted by Crippen LogP contribution is -2.33. The fraction of sp³-hybridized carbons (Fsp3) is 0.250. The Kier molecular flexibility index (Phi) is 4.93. The average molecular weight is 335 g/mol.